The Balaban J connectivity index is 1.53. The van der Waals surface area contributed by atoms with Crippen molar-refractivity contribution in [3.05, 3.63) is 48.0 Å². The number of aryl methyl sites for hydroxylation is 1. The van der Waals surface area contributed by atoms with E-state index >= 15 is 0 Å². The highest BCUT2D eigenvalue weighted by molar-refractivity contribution is 7.91. The fraction of sp³-hybridized carbons (Fsp3) is 0.471. The fourth-order valence-corrected chi connectivity index (χ4v) is 4.72. The van der Waals surface area contributed by atoms with Crippen molar-refractivity contribution in [3.8, 4) is 5.75 Å². The van der Waals surface area contributed by atoms with Crippen molar-refractivity contribution in [2.75, 3.05) is 18.6 Å². The summed E-state index contributed by atoms with van der Waals surface area (Å²) in [5.41, 5.74) is 1.14. The molecule has 0 saturated carbocycles. The second-order valence-electron chi connectivity index (χ2n) is 6.36. The average Bonchev–Trinajstić information content (AvgIpc) is 3.12. The lowest BCUT2D eigenvalue weighted by molar-refractivity contribution is 0.253. The number of aromatic nitrogens is 2. The number of ether oxygens (including phenoxy) is 1. The number of hydrogen-bond donors (Lipinski definition) is 0. The van der Waals surface area contributed by atoms with Crippen LogP contribution in [-0.4, -0.2) is 47.5 Å². The molecule has 0 amide bonds. The highest BCUT2D eigenvalue weighted by Crippen LogP contribution is 2.20. The number of nitrogens with zero attached hydrogens (tertiary/aromatic N) is 3. The summed E-state index contributed by atoms with van der Waals surface area (Å²) >= 11 is 0. The Labute approximate surface area is 143 Å². The van der Waals surface area contributed by atoms with Gasteiger partial charge >= 0.3 is 0 Å². The monoisotopic (exact) mass is 349 g/mol. The first kappa shape index (κ1) is 17.0. The van der Waals surface area contributed by atoms with E-state index in [4.69, 9.17) is 4.74 Å². The fourth-order valence-electron chi connectivity index (χ4n) is 2.91. The summed E-state index contributed by atoms with van der Waals surface area (Å²) in [6, 6.07) is 8.05. The number of imidazole rings is 1. The smallest absolute Gasteiger partial charge is 0.151 e. The van der Waals surface area contributed by atoms with Gasteiger partial charge in [0.05, 0.1) is 11.5 Å². The van der Waals surface area contributed by atoms with Crippen LogP contribution in [0.2, 0.25) is 0 Å². The van der Waals surface area contributed by atoms with Gasteiger partial charge in [0.2, 0.25) is 0 Å². The number of hydrogen-bond acceptors (Lipinski definition) is 5. The lowest BCUT2D eigenvalue weighted by Gasteiger charge is -2.23. The van der Waals surface area contributed by atoms with Gasteiger partial charge in [-0.05, 0) is 31.2 Å². The van der Waals surface area contributed by atoms with Crippen molar-refractivity contribution in [2.24, 2.45) is 7.05 Å². The molecule has 0 spiro atoms. The predicted octanol–water partition coefficient (Wildman–Crippen LogP) is 1.62. The molecule has 7 heteroatoms. The summed E-state index contributed by atoms with van der Waals surface area (Å²) in [5.74, 6) is 2.25. The first-order valence-electron chi connectivity index (χ1n) is 8.01. The zero-order valence-corrected chi connectivity index (χ0v) is 14.9. The SMILES string of the molecule is CN(Cc1ccc(OCc2nccn2C)cc1)[C@@H]1CCS(=O)(=O)C1. The van der Waals surface area contributed by atoms with E-state index in [1.165, 1.54) is 0 Å². The molecule has 0 unspecified atom stereocenters. The molecule has 1 aliphatic heterocycles. The normalized spacial score (nSPS) is 19.7. The van der Waals surface area contributed by atoms with E-state index in [2.05, 4.69) is 9.88 Å². The largest absolute Gasteiger partial charge is 0.486 e. The van der Waals surface area contributed by atoms with Gasteiger partial charge in [0.1, 0.15) is 18.2 Å². The molecule has 0 N–H and O–H groups in total. The first-order valence-corrected chi connectivity index (χ1v) is 9.84. The molecule has 3 rings (SSSR count). The molecule has 1 aromatic carbocycles. The van der Waals surface area contributed by atoms with E-state index in [1.807, 2.05) is 49.1 Å². The van der Waals surface area contributed by atoms with Crippen LogP contribution >= 0.6 is 0 Å². The maximum Gasteiger partial charge on any atom is 0.151 e. The number of benzene rings is 1. The topological polar surface area (TPSA) is 64.4 Å². The summed E-state index contributed by atoms with van der Waals surface area (Å²) in [7, 11) is 1.08. The summed E-state index contributed by atoms with van der Waals surface area (Å²) in [5, 5.41) is 0. The molecule has 1 fully saturated rings. The Morgan fingerprint density at radius 1 is 1.33 bits per heavy atom. The molecule has 1 saturated heterocycles. The maximum atomic E-state index is 11.6. The van der Waals surface area contributed by atoms with Crippen molar-refractivity contribution in [1.82, 2.24) is 14.5 Å². The lowest BCUT2D eigenvalue weighted by Crippen LogP contribution is -2.32. The van der Waals surface area contributed by atoms with Crippen LogP contribution in [-0.2, 0) is 30.0 Å². The lowest BCUT2D eigenvalue weighted by atomic mass is 10.1. The third-order valence-corrected chi connectivity index (χ3v) is 6.23. The summed E-state index contributed by atoms with van der Waals surface area (Å²) < 4.78 is 30.8. The van der Waals surface area contributed by atoms with E-state index < -0.39 is 9.84 Å². The Morgan fingerprint density at radius 3 is 2.67 bits per heavy atom. The van der Waals surface area contributed by atoms with Crippen molar-refractivity contribution in [1.29, 1.82) is 0 Å². The van der Waals surface area contributed by atoms with Crippen LogP contribution in [0.15, 0.2) is 36.7 Å². The highest BCUT2D eigenvalue weighted by Gasteiger charge is 2.30. The standard InChI is InChI=1S/C17H23N3O3S/c1-19-9-8-18-17(19)12-23-16-5-3-14(4-6-16)11-20(2)15-7-10-24(21,22)13-15/h3-6,8-9,15H,7,10-13H2,1-2H3/t15-/m1/s1. The molecule has 0 radical (unpaired) electrons. The van der Waals surface area contributed by atoms with Crippen LogP contribution < -0.4 is 4.74 Å². The van der Waals surface area contributed by atoms with E-state index in [0.717, 1.165) is 30.1 Å². The van der Waals surface area contributed by atoms with Gasteiger partial charge in [-0.1, -0.05) is 12.1 Å². The molecule has 1 aliphatic rings. The zero-order chi connectivity index (χ0) is 17.2. The minimum atomic E-state index is -2.84. The number of sulfone groups is 1. The third-order valence-electron chi connectivity index (χ3n) is 4.48. The summed E-state index contributed by atoms with van der Waals surface area (Å²) in [4.78, 5) is 6.35. The quantitative estimate of drug-likeness (QED) is 0.793. The van der Waals surface area contributed by atoms with E-state index in [9.17, 15) is 8.42 Å². The van der Waals surface area contributed by atoms with Gasteiger partial charge in [0.15, 0.2) is 9.84 Å². The molecule has 0 bridgehead atoms. The first-order chi connectivity index (χ1) is 11.4. The van der Waals surface area contributed by atoms with E-state index in [-0.39, 0.29) is 11.8 Å². The van der Waals surface area contributed by atoms with Gasteiger partial charge in [0.25, 0.3) is 0 Å². The summed E-state index contributed by atoms with van der Waals surface area (Å²) in [6.45, 7) is 1.17. The maximum absolute atomic E-state index is 11.6. The van der Waals surface area contributed by atoms with Gasteiger partial charge in [-0.2, -0.15) is 0 Å². The van der Waals surface area contributed by atoms with Gasteiger partial charge in [-0.15, -0.1) is 0 Å². The van der Waals surface area contributed by atoms with Crippen LogP contribution in [0.3, 0.4) is 0 Å². The van der Waals surface area contributed by atoms with Crippen LogP contribution in [0, 0.1) is 0 Å². The van der Waals surface area contributed by atoms with Gasteiger partial charge in [-0.3, -0.25) is 4.90 Å². The Bertz CT molecular complexity index is 784. The van der Waals surface area contributed by atoms with E-state index in [1.54, 1.807) is 6.20 Å². The molecule has 24 heavy (non-hydrogen) atoms. The Hall–Kier alpha value is -1.86. The second kappa shape index (κ2) is 6.94. The minimum Gasteiger partial charge on any atom is -0.486 e. The molecule has 2 heterocycles. The van der Waals surface area contributed by atoms with E-state index in [0.29, 0.717) is 12.4 Å². The molecular formula is C17H23N3O3S. The zero-order valence-electron chi connectivity index (χ0n) is 14.1. The molecule has 1 atom stereocenters. The van der Waals surface area contributed by atoms with Gasteiger partial charge in [0, 0.05) is 32.0 Å². The molecule has 1 aromatic heterocycles. The summed E-state index contributed by atoms with van der Waals surface area (Å²) in [6.07, 6.45) is 4.37. The van der Waals surface area contributed by atoms with Crippen LogP contribution in [0.25, 0.3) is 0 Å². The molecular weight excluding hydrogens is 326 g/mol. The number of rotatable bonds is 6. The molecule has 2 aromatic rings. The Morgan fingerprint density at radius 2 is 2.08 bits per heavy atom. The Kier molecular flexibility index (Phi) is 4.91. The van der Waals surface area contributed by atoms with Crippen molar-refractivity contribution < 1.29 is 13.2 Å². The van der Waals surface area contributed by atoms with Crippen molar-refractivity contribution in [2.45, 2.75) is 25.6 Å². The van der Waals surface area contributed by atoms with Crippen molar-refractivity contribution in [3.63, 3.8) is 0 Å². The molecule has 130 valence electrons. The van der Waals surface area contributed by atoms with Gasteiger partial charge in [-0.25, -0.2) is 13.4 Å². The van der Waals surface area contributed by atoms with Crippen LogP contribution in [0.5, 0.6) is 5.75 Å². The van der Waals surface area contributed by atoms with Crippen LogP contribution in [0.4, 0.5) is 0 Å². The average molecular weight is 349 g/mol. The van der Waals surface area contributed by atoms with Gasteiger partial charge < -0.3 is 9.30 Å². The minimum absolute atomic E-state index is 0.120. The molecule has 0 aliphatic carbocycles. The molecule has 6 nitrogen and oxygen atoms in total. The highest BCUT2D eigenvalue weighted by atomic mass is 32.2. The third kappa shape index (κ3) is 4.15. The van der Waals surface area contributed by atoms with Crippen molar-refractivity contribution >= 4 is 9.84 Å². The van der Waals surface area contributed by atoms with Crippen LogP contribution in [0.1, 0.15) is 17.8 Å². The second-order valence-corrected chi connectivity index (χ2v) is 8.59. The predicted molar refractivity (Wildman–Crippen MR) is 92.5 cm³/mol.